The van der Waals surface area contributed by atoms with Crippen molar-refractivity contribution >= 4 is 0 Å². The van der Waals surface area contributed by atoms with Gasteiger partial charge in [0, 0.05) is 5.92 Å². The molecule has 1 heterocycles. The Hall–Kier alpha value is -0.0800. The summed E-state index contributed by atoms with van der Waals surface area (Å²) >= 11 is 0. The summed E-state index contributed by atoms with van der Waals surface area (Å²) in [7, 11) is 0. The third kappa shape index (κ3) is 1.50. The highest BCUT2D eigenvalue weighted by Crippen LogP contribution is 2.40. The first-order valence-corrected chi connectivity index (χ1v) is 5.19. The van der Waals surface area contributed by atoms with Gasteiger partial charge in [0.2, 0.25) is 0 Å². The van der Waals surface area contributed by atoms with E-state index < -0.39 is 0 Å². The molecule has 0 bridgehead atoms. The SMILES string of the molecule is NCCC(C1CCC1)C1COC1. The summed E-state index contributed by atoms with van der Waals surface area (Å²) in [5.74, 6) is 2.72. The lowest BCUT2D eigenvalue weighted by molar-refractivity contribution is -0.0829. The predicted octanol–water partition coefficient (Wildman–Crippen LogP) is 1.40. The molecule has 2 heteroatoms. The molecule has 2 aliphatic rings. The van der Waals surface area contributed by atoms with Gasteiger partial charge in [0.15, 0.2) is 0 Å². The molecule has 2 N–H and O–H groups in total. The molecular formula is C10H19NO. The molecule has 0 aromatic heterocycles. The second-order valence-corrected chi connectivity index (χ2v) is 4.23. The van der Waals surface area contributed by atoms with E-state index in [1.54, 1.807) is 0 Å². The van der Waals surface area contributed by atoms with E-state index in [9.17, 15) is 0 Å². The lowest BCUT2D eigenvalue weighted by atomic mass is 9.69. The maximum Gasteiger partial charge on any atom is 0.0519 e. The van der Waals surface area contributed by atoms with Crippen molar-refractivity contribution in [2.24, 2.45) is 23.5 Å². The third-order valence-electron chi connectivity index (χ3n) is 3.52. The van der Waals surface area contributed by atoms with Gasteiger partial charge in [-0.05, 0) is 24.8 Å². The van der Waals surface area contributed by atoms with Crippen LogP contribution in [0.25, 0.3) is 0 Å². The van der Waals surface area contributed by atoms with E-state index in [1.165, 1.54) is 25.7 Å². The molecule has 1 atom stereocenters. The fraction of sp³-hybridized carbons (Fsp3) is 1.00. The molecule has 2 fully saturated rings. The second kappa shape index (κ2) is 3.75. The van der Waals surface area contributed by atoms with Crippen LogP contribution in [0.15, 0.2) is 0 Å². The summed E-state index contributed by atoms with van der Waals surface area (Å²) in [6.07, 6.45) is 5.56. The number of hydrogen-bond donors (Lipinski definition) is 1. The van der Waals surface area contributed by atoms with E-state index in [1.807, 2.05) is 0 Å². The van der Waals surface area contributed by atoms with Crippen molar-refractivity contribution < 1.29 is 4.74 Å². The van der Waals surface area contributed by atoms with Crippen LogP contribution in [0, 0.1) is 17.8 Å². The van der Waals surface area contributed by atoms with Crippen LogP contribution in [0.4, 0.5) is 0 Å². The quantitative estimate of drug-likeness (QED) is 0.690. The highest BCUT2D eigenvalue weighted by atomic mass is 16.5. The zero-order valence-corrected chi connectivity index (χ0v) is 7.67. The zero-order valence-electron chi connectivity index (χ0n) is 7.67. The molecule has 1 saturated carbocycles. The lowest BCUT2D eigenvalue weighted by Crippen LogP contribution is -2.40. The van der Waals surface area contributed by atoms with Gasteiger partial charge in [0.05, 0.1) is 13.2 Å². The van der Waals surface area contributed by atoms with Gasteiger partial charge >= 0.3 is 0 Å². The van der Waals surface area contributed by atoms with Crippen molar-refractivity contribution in [3.8, 4) is 0 Å². The van der Waals surface area contributed by atoms with Gasteiger partial charge in [-0.1, -0.05) is 19.3 Å². The van der Waals surface area contributed by atoms with E-state index in [0.717, 1.165) is 37.5 Å². The predicted molar refractivity (Wildman–Crippen MR) is 48.8 cm³/mol. The lowest BCUT2D eigenvalue weighted by Gasteiger charge is -2.42. The summed E-state index contributed by atoms with van der Waals surface area (Å²) in [6, 6.07) is 0. The number of rotatable bonds is 4. The van der Waals surface area contributed by atoms with Gasteiger partial charge in [-0.25, -0.2) is 0 Å². The van der Waals surface area contributed by atoms with Crippen molar-refractivity contribution in [2.75, 3.05) is 19.8 Å². The zero-order chi connectivity index (χ0) is 8.39. The fourth-order valence-electron chi connectivity index (χ4n) is 2.42. The standard InChI is InChI=1S/C10H19NO/c11-5-4-10(8-2-1-3-8)9-6-12-7-9/h8-10H,1-7,11H2. The molecule has 0 aromatic carbocycles. The number of hydrogen-bond acceptors (Lipinski definition) is 2. The second-order valence-electron chi connectivity index (χ2n) is 4.23. The normalized spacial score (nSPS) is 27.8. The molecule has 2 rings (SSSR count). The molecule has 0 radical (unpaired) electrons. The smallest absolute Gasteiger partial charge is 0.0519 e. The molecule has 0 amide bonds. The van der Waals surface area contributed by atoms with Gasteiger partial charge in [-0.15, -0.1) is 0 Å². The van der Waals surface area contributed by atoms with Crippen LogP contribution in [-0.2, 0) is 4.74 Å². The largest absolute Gasteiger partial charge is 0.381 e. The van der Waals surface area contributed by atoms with E-state index in [4.69, 9.17) is 10.5 Å². The molecule has 1 aliphatic carbocycles. The van der Waals surface area contributed by atoms with Crippen LogP contribution in [-0.4, -0.2) is 19.8 Å². The Kier molecular flexibility index (Phi) is 2.66. The Morgan fingerprint density at radius 3 is 2.33 bits per heavy atom. The van der Waals surface area contributed by atoms with Gasteiger partial charge in [0.1, 0.15) is 0 Å². The maximum atomic E-state index is 5.62. The number of nitrogens with two attached hydrogens (primary N) is 1. The Morgan fingerprint density at radius 1 is 1.25 bits per heavy atom. The van der Waals surface area contributed by atoms with Gasteiger partial charge in [0.25, 0.3) is 0 Å². The van der Waals surface area contributed by atoms with Gasteiger partial charge in [-0.3, -0.25) is 0 Å². The van der Waals surface area contributed by atoms with Crippen LogP contribution < -0.4 is 5.73 Å². The Labute approximate surface area is 74.5 Å². The average molecular weight is 169 g/mol. The van der Waals surface area contributed by atoms with Crippen LogP contribution in [0.5, 0.6) is 0 Å². The average Bonchev–Trinajstić information content (AvgIpc) is 1.79. The van der Waals surface area contributed by atoms with Gasteiger partial charge < -0.3 is 10.5 Å². The Morgan fingerprint density at radius 2 is 2.00 bits per heavy atom. The first-order valence-electron chi connectivity index (χ1n) is 5.19. The summed E-state index contributed by atoms with van der Waals surface area (Å²) in [6.45, 7) is 2.86. The monoisotopic (exact) mass is 169 g/mol. The number of ether oxygens (including phenoxy) is 1. The van der Waals surface area contributed by atoms with Crippen LogP contribution in [0.3, 0.4) is 0 Å². The molecule has 0 aromatic rings. The Balaban J connectivity index is 1.82. The van der Waals surface area contributed by atoms with Crippen molar-refractivity contribution in [2.45, 2.75) is 25.7 Å². The molecule has 1 aliphatic heterocycles. The van der Waals surface area contributed by atoms with Gasteiger partial charge in [-0.2, -0.15) is 0 Å². The van der Waals surface area contributed by atoms with E-state index in [-0.39, 0.29) is 0 Å². The topological polar surface area (TPSA) is 35.2 Å². The summed E-state index contributed by atoms with van der Waals surface area (Å²) in [4.78, 5) is 0. The van der Waals surface area contributed by atoms with Crippen LogP contribution >= 0.6 is 0 Å². The summed E-state index contributed by atoms with van der Waals surface area (Å²) < 4.78 is 5.24. The molecular weight excluding hydrogens is 150 g/mol. The molecule has 1 saturated heterocycles. The molecule has 2 nitrogen and oxygen atoms in total. The molecule has 70 valence electrons. The fourth-order valence-corrected chi connectivity index (χ4v) is 2.42. The first kappa shape index (κ1) is 8.52. The summed E-state index contributed by atoms with van der Waals surface area (Å²) in [5, 5.41) is 0. The minimum absolute atomic E-state index is 0.846. The van der Waals surface area contributed by atoms with E-state index in [0.29, 0.717) is 0 Å². The van der Waals surface area contributed by atoms with Crippen molar-refractivity contribution in [3.05, 3.63) is 0 Å². The first-order chi connectivity index (χ1) is 5.92. The van der Waals surface area contributed by atoms with Crippen molar-refractivity contribution in [3.63, 3.8) is 0 Å². The highest BCUT2D eigenvalue weighted by Gasteiger charge is 2.35. The maximum absolute atomic E-state index is 5.62. The summed E-state index contributed by atoms with van der Waals surface area (Å²) in [5.41, 5.74) is 5.62. The molecule has 12 heavy (non-hydrogen) atoms. The van der Waals surface area contributed by atoms with E-state index in [2.05, 4.69) is 0 Å². The van der Waals surface area contributed by atoms with E-state index >= 15 is 0 Å². The minimum atomic E-state index is 0.846. The van der Waals surface area contributed by atoms with Crippen molar-refractivity contribution in [1.29, 1.82) is 0 Å². The highest BCUT2D eigenvalue weighted by molar-refractivity contribution is 4.85. The van der Waals surface area contributed by atoms with Crippen LogP contribution in [0.1, 0.15) is 25.7 Å². The minimum Gasteiger partial charge on any atom is -0.381 e. The Bertz CT molecular complexity index is 127. The third-order valence-corrected chi connectivity index (χ3v) is 3.52. The molecule has 0 spiro atoms. The molecule has 1 unspecified atom stereocenters. The van der Waals surface area contributed by atoms with Crippen molar-refractivity contribution in [1.82, 2.24) is 0 Å². The van der Waals surface area contributed by atoms with Crippen LogP contribution in [0.2, 0.25) is 0 Å².